The van der Waals surface area contributed by atoms with Crippen molar-refractivity contribution in [3.05, 3.63) is 34.6 Å². The first-order chi connectivity index (χ1) is 10.1. The molecule has 1 N–H and O–H groups in total. The van der Waals surface area contributed by atoms with Crippen molar-refractivity contribution in [1.29, 1.82) is 0 Å². The van der Waals surface area contributed by atoms with Crippen LogP contribution < -0.4 is 5.32 Å². The van der Waals surface area contributed by atoms with Crippen LogP contribution in [0.4, 0.5) is 4.39 Å². The molecule has 0 amide bonds. The normalized spacial score (nSPS) is 18.9. The van der Waals surface area contributed by atoms with Crippen molar-refractivity contribution in [2.45, 2.75) is 57.1 Å². The third-order valence-corrected chi connectivity index (χ3v) is 4.88. The number of ether oxygens (including phenoxy) is 1. The highest BCUT2D eigenvalue weighted by Crippen LogP contribution is 2.37. The lowest BCUT2D eigenvalue weighted by atomic mass is 9.87. The summed E-state index contributed by atoms with van der Waals surface area (Å²) in [5, 5.41) is 3.76. The van der Waals surface area contributed by atoms with E-state index in [-0.39, 0.29) is 22.5 Å². The fourth-order valence-electron chi connectivity index (χ4n) is 3.36. The summed E-state index contributed by atoms with van der Waals surface area (Å²) in [6, 6.07) is 5.35. The Bertz CT molecular complexity index is 460. The second kappa shape index (κ2) is 7.57. The summed E-state index contributed by atoms with van der Waals surface area (Å²) < 4.78 is 20.1. The Morgan fingerprint density at radius 3 is 2.71 bits per heavy atom. The summed E-state index contributed by atoms with van der Waals surface area (Å²) in [5.41, 5.74) is 0.489. The Hall–Kier alpha value is -0.640. The molecule has 1 aliphatic rings. The van der Waals surface area contributed by atoms with Gasteiger partial charge in [0.1, 0.15) is 5.82 Å². The lowest BCUT2D eigenvalue weighted by Crippen LogP contribution is -2.52. The number of halogens is 2. The molecule has 1 aliphatic carbocycles. The Morgan fingerprint density at radius 2 is 2.10 bits per heavy atom. The van der Waals surface area contributed by atoms with Gasteiger partial charge in [-0.05, 0) is 43.9 Å². The van der Waals surface area contributed by atoms with E-state index < -0.39 is 0 Å². The average Bonchev–Trinajstić information content (AvgIpc) is 2.97. The van der Waals surface area contributed by atoms with Crippen molar-refractivity contribution in [2.24, 2.45) is 0 Å². The largest absolute Gasteiger partial charge is 0.377 e. The zero-order valence-corrected chi connectivity index (χ0v) is 13.7. The average molecular weight is 314 g/mol. The fraction of sp³-hybridized carbons (Fsp3) is 0.647. The molecule has 2 rings (SSSR count). The van der Waals surface area contributed by atoms with Crippen LogP contribution in [0.15, 0.2) is 18.2 Å². The Labute approximate surface area is 132 Å². The van der Waals surface area contributed by atoms with Gasteiger partial charge in [-0.3, -0.25) is 0 Å². The van der Waals surface area contributed by atoms with Gasteiger partial charge in [-0.15, -0.1) is 0 Å². The van der Waals surface area contributed by atoms with Crippen molar-refractivity contribution in [2.75, 3.05) is 13.7 Å². The van der Waals surface area contributed by atoms with Gasteiger partial charge in [0.15, 0.2) is 0 Å². The molecule has 0 aromatic heterocycles. The van der Waals surface area contributed by atoms with Crippen LogP contribution in [0, 0.1) is 5.82 Å². The number of benzene rings is 1. The molecule has 0 bridgehead atoms. The standard InChI is InChI=1S/C17H25ClFNO/c1-3-11-20-15(17(21-2)9-4-5-10-17)12-13-7-6-8-14(18)16(13)19/h6-8,15,20H,3-5,9-12H2,1-2H3. The molecule has 0 aliphatic heterocycles. The summed E-state index contributed by atoms with van der Waals surface area (Å²) in [4.78, 5) is 0. The second-order valence-electron chi connectivity index (χ2n) is 5.90. The van der Waals surface area contributed by atoms with Crippen LogP contribution in [0.1, 0.15) is 44.6 Å². The highest BCUT2D eigenvalue weighted by atomic mass is 35.5. The van der Waals surface area contributed by atoms with Gasteiger partial charge < -0.3 is 10.1 Å². The molecule has 1 aromatic carbocycles. The highest BCUT2D eigenvalue weighted by molar-refractivity contribution is 6.30. The van der Waals surface area contributed by atoms with Crippen molar-refractivity contribution in [3.8, 4) is 0 Å². The molecule has 1 aromatic rings. The number of hydrogen-bond donors (Lipinski definition) is 1. The van der Waals surface area contributed by atoms with Gasteiger partial charge in [0.05, 0.1) is 10.6 Å². The molecule has 118 valence electrons. The van der Waals surface area contributed by atoms with E-state index in [1.54, 1.807) is 13.2 Å². The summed E-state index contributed by atoms with van der Waals surface area (Å²) >= 11 is 5.90. The number of nitrogens with one attached hydrogen (secondary N) is 1. The van der Waals surface area contributed by atoms with E-state index in [9.17, 15) is 4.39 Å². The van der Waals surface area contributed by atoms with E-state index >= 15 is 0 Å². The molecule has 2 nitrogen and oxygen atoms in total. The molecule has 21 heavy (non-hydrogen) atoms. The minimum atomic E-state index is -0.299. The monoisotopic (exact) mass is 313 g/mol. The number of methoxy groups -OCH3 is 1. The SMILES string of the molecule is CCCNC(Cc1cccc(Cl)c1F)C1(OC)CCCC1. The molecular weight excluding hydrogens is 289 g/mol. The van der Waals surface area contributed by atoms with Crippen LogP contribution in [-0.4, -0.2) is 25.3 Å². The molecule has 0 spiro atoms. The van der Waals surface area contributed by atoms with Gasteiger partial charge in [0, 0.05) is 13.2 Å². The molecule has 4 heteroatoms. The summed E-state index contributed by atoms with van der Waals surface area (Å²) in [6.45, 7) is 3.05. The predicted octanol–water partition coefficient (Wildman–Crippen LogP) is 4.35. The van der Waals surface area contributed by atoms with Gasteiger partial charge in [0.2, 0.25) is 0 Å². The van der Waals surface area contributed by atoms with Gasteiger partial charge >= 0.3 is 0 Å². The molecule has 0 radical (unpaired) electrons. The lowest BCUT2D eigenvalue weighted by molar-refractivity contribution is -0.0356. The minimum absolute atomic E-state index is 0.123. The van der Waals surface area contributed by atoms with Crippen LogP contribution in [0.3, 0.4) is 0 Å². The molecule has 0 heterocycles. The van der Waals surface area contributed by atoms with E-state index in [0.29, 0.717) is 12.0 Å². The fourth-order valence-corrected chi connectivity index (χ4v) is 3.55. The van der Waals surface area contributed by atoms with Crippen molar-refractivity contribution in [1.82, 2.24) is 5.32 Å². The van der Waals surface area contributed by atoms with Crippen molar-refractivity contribution >= 4 is 11.6 Å². The first kappa shape index (κ1) is 16.7. The molecular formula is C17H25ClFNO. The number of rotatable bonds is 7. The molecule has 1 saturated carbocycles. The smallest absolute Gasteiger partial charge is 0.145 e. The third-order valence-electron chi connectivity index (χ3n) is 4.59. The van der Waals surface area contributed by atoms with Crippen LogP contribution in [0.25, 0.3) is 0 Å². The Balaban J connectivity index is 2.21. The van der Waals surface area contributed by atoms with Crippen LogP contribution in [0.5, 0.6) is 0 Å². The second-order valence-corrected chi connectivity index (χ2v) is 6.31. The van der Waals surface area contributed by atoms with E-state index in [1.165, 1.54) is 12.8 Å². The van der Waals surface area contributed by atoms with Crippen LogP contribution in [0.2, 0.25) is 5.02 Å². The van der Waals surface area contributed by atoms with E-state index in [2.05, 4.69) is 12.2 Å². The molecule has 1 atom stereocenters. The van der Waals surface area contributed by atoms with Gasteiger partial charge in [-0.25, -0.2) is 4.39 Å². The summed E-state index contributed by atoms with van der Waals surface area (Å²) in [6.07, 6.45) is 6.08. The first-order valence-corrected chi connectivity index (χ1v) is 8.22. The van der Waals surface area contributed by atoms with E-state index in [4.69, 9.17) is 16.3 Å². The van der Waals surface area contributed by atoms with Crippen molar-refractivity contribution in [3.63, 3.8) is 0 Å². The topological polar surface area (TPSA) is 21.3 Å². The number of hydrogen-bond acceptors (Lipinski definition) is 2. The predicted molar refractivity (Wildman–Crippen MR) is 85.4 cm³/mol. The lowest BCUT2D eigenvalue weighted by Gasteiger charge is -2.37. The summed E-state index contributed by atoms with van der Waals surface area (Å²) in [7, 11) is 1.78. The zero-order valence-electron chi connectivity index (χ0n) is 12.9. The Kier molecular flexibility index (Phi) is 6.03. The van der Waals surface area contributed by atoms with Gasteiger partial charge in [0.25, 0.3) is 0 Å². The van der Waals surface area contributed by atoms with Gasteiger partial charge in [-0.1, -0.05) is 43.5 Å². The maximum atomic E-state index is 14.2. The van der Waals surface area contributed by atoms with E-state index in [0.717, 1.165) is 25.8 Å². The third kappa shape index (κ3) is 3.77. The maximum Gasteiger partial charge on any atom is 0.145 e. The quantitative estimate of drug-likeness (QED) is 0.808. The van der Waals surface area contributed by atoms with E-state index in [1.807, 2.05) is 12.1 Å². The summed E-state index contributed by atoms with van der Waals surface area (Å²) in [5.74, 6) is -0.299. The van der Waals surface area contributed by atoms with Crippen molar-refractivity contribution < 1.29 is 9.13 Å². The molecule has 0 saturated heterocycles. The minimum Gasteiger partial charge on any atom is -0.377 e. The Morgan fingerprint density at radius 1 is 1.38 bits per heavy atom. The molecule has 1 unspecified atom stereocenters. The van der Waals surface area contributed by atoms with Crippen LogP contribution >= 0.6 is 11.6 Å². The van der Waals surface area contributed by atoms with Gasteiger partial charge in [-0.2, -0.15) is 0 Å². The highest BCUT2D eigenvalue weighted by Gasteiger charge is 2.41. The molecule has 1 fully saturated rings. The zero-order chi connectivity index (χ0) is 15.3. The maximum absolute atomic E-state index is 14.2. The van der Waals surface area contributed by atoms with Crippen LogP contribution in [-0.2, 0) is 11.2 Å². The first-order valence-electron chi connectivity index (χ1n) is 7.84.